The van der Waals surface area contributed by atoms with Gasteiger partial charge in [0.05, 0.1) is 0 Å². The van der Waals surface area contributed by atoms with Crippen LogP contribution in [0.15, 0.2) is 0 Å². The number of aliphatic hydroxyl groups is 1. The number of carboxylic acid groups (broad SMARTS) is 2. The molecule has 0 bridgehead atoms. The Labute approximate surface area is 212 Å². The summed E-state index contributed by atoms with van der Waals surface area (Å²) in [4.78, 5) is 49.5. The number of hydrogen-bond acceptors (Lipinski definition) is 5. The summed E-state index contributed by atoms with van der Waals surface area (Å²) in [6.45, 7) is 4.33. The first kappa shape index (κ1) is 33.2. The number of carbonyl (C=O) groups excluding carboxylic acids is 2. The molecule has 0 amide bonds. The molecule has 35 heavy (non-hydrogen) atoms. The van der Waals surface area contributed by atoms with Gasteiger partial charge in [-0.3, -0.25) is 14.4 Å². The van der Waals surface area contributed by atoms with Gasteiger partial charge in [-0.05, 0) is 12.8 Å². The van der Waals surface area contributed by atoms with Gasteiger partial charge < -0.3 is 15.3 Å². The van der Waals surface area contributed by atoms with Crippen LogP contribution >= 0.6 is 0 Å². The summed E-state index contributed by atoms with van der Waals surface area (Å²) in [6, 6.07) is 0. The Bertz CT molecular complexity index is 580. The van der Waals surface area contributed by atoms with E-state index in [9.17, 15) is 34.5 Å². The van der Waals surface area contributed by atoms with Gasteiger partial charge in [0.1, 0.15) is 0 Å². The molecule has 3 N–H and O–H groups in total. The minimum Gasteiger partial charge on any atom is -0.480 e. The van der Waals surface area contributed by atoms with Crippen molar-refractivity contribution < 1.29 is 34.5 Å². The van der Waals surface area contributed by atoms with Crippen LogP contribution in [0.5, 0.6) is 0 Å². The molecule has 0 saturated heterocycles. The van der Waals surface area contributed by atoms with Crippen molar-refractivity contribution in [3.63, 3.8) is 0 Å². The lowest BCUT2D eigenvalue weighted by atomic mass is 9.71. The molecule has 0 heterocycles. The van der Waals surface area contributed by atoms with Crippen LogP contribution in [-0.2, 0) is 19.2 Å². The molecule has 7 heteroatoms. The molecule has 0 saturated carbocycles. The van der Waals surface area contributed by atoms with Crippen LogP contribution in [0.25, 0.3) is 0 Å². The Morgan fingerprint density at radius 3 is 1.09 bits per heavy atom. The number of ketones is 2. The zero-order valence-electron chi connectivity index (χ0n) is 22.2. The molecule has 0 spiro atoms. The van der Waals surface area contributed by atoms with E-state index in [2.05, 4.69) is 13.8 Å². The van der Waals surface area contributed by atoms with E-state index in [1.165, 1.54) is 51.4 Å². The zero-order valence-corrected chi connectivity index (χ0v) is 22.2. The molecule has 0 radical (unpaired) electrons. The number of unbranched alkanes of at least 4 members (excludes halogenated alkanes) is 16. The van der Waals surface area contributed by atoms with Crippen molar-refractivity contribution in [3.8, 4) is 0 Å². The minimum absolute atomic E-state index is 0.226. The molecular formula is C28H50O7. The highest BCUT2D eigenvalue weighted by Crippen LogP contribution is 2.31. The first-order valence-electron chi connectivity index (χ1n) is 14.0. The second-order valence-electron chi connectivity index (χ2n) is 9.86. The molecule has 7 nitrogen and oxygen atoms in total. The van der Waals surface area contributed by atoms with E-state index >= 15 is 0 Å². The van der Waals surface area contributed by atoms with Gasteiger partial charge in [-0.25, -0.2) is 4.79 Å². The fourth-order valence-corrected chi connectivity index (χ4v) is 4.59. The maximum atomic E-state index is 12.9. The van der Waals surface area contributed by atoms with Crippen molar-refractivity contribution in [1.29, 1.82) is 0 Å². The summed E-state index contributed by atoms with van der Waals surface area (Å²) in [5.41, 5.74) is -2.92. The Hall–Kier alpha value is -1.76. The van der Waals surface area contributed by atoms with Crippen LogP contribution in [0, 0.1) is 5.41 Å². The van der Waals surface area contributed by atoms with Crippen LogP contribution < -0.4 is 0 Å². The van der Waals surface area contributed by atoms with Crippen molar-refractivity contribution in [2.45, 2.75) is 148 Å². The number of carboxylic acids is 2. The highest BCUT2D eigenvalue weighted by molar-refractivity contribution is 6.24. The summed E-state index contributed by atoms with van der Waals surface area (Å²) in [5.74, 6) is -5.73. The molecule has 0 aliphatic rings. The van der Waals surface area contributed by atoms with E-state index in [0.29, 0.717) is 25.7 Å². The van der Waals surface area contributed by atoms with E-state index in [4.69, 9.17) is 0 Å². The number of aliphatic hydroxyl groups excluding tert-OH is 1. The predicted octanol–water partition coefficient (Wildman–Crippen LogP) is 6.48. The van der Waals surface area contributed by atoms with E-state index in [-0.39, 0.29) is 12.8 Å². The molecule has 1 atom stereocenters. The molecule has 0 rings (SSSR count). The van der Waals surface area contributed by atoms with E-state index in [0.717, 1.165) is 38.5 Å². The Morgan fingerprint density at radius 2 is 0.829 bits per heavy atom. The summed E-state index contributed by atoms with van der Waals surface area (Å²) in [5, 5.41) is 29.3. The maximum Gasteiger partial charge on any atom is 0.334 e. The van der Waals surface area contributed by atoms with Gasteiger partial charge in [0.25, 0.3) is 0 Å². The molecule has 0 aliphatic carbocycles. The van der Waals surface area contributed by atoms with Gasteiger partial charge in [0.2, 0.25) is 5.41 Å². The average Bonchev–Trinajstić information content (AvgIpc) is 2.82. The van der Waals surface area contributed by atoms with E-state index < -0.39 is 35.0 Å². The van der Waals surface area contributed by atoms with Crippen LogP contribution in [0.1, 0.15) is 142 Å². The van der Waals surface area contributed by atoms with E-state index in [1.807, 2.05) is 0 Å². The molecular weight excluding hydrogens is 448 g/mol. The monoisotopic (exact) mass is 498 g/mol. The molecule has 204 valence electrons. The van der Waals surface area contributed by atoms with Gasteiger partial charge in [0.15, 0.2) is 17.7 Å². The topological polar surface area (TPSA) is 129 Å². The summed E-state index contributed by atoms with van der Waals surface area (Å²) >= 11 is 0. The van der Waals surface area contributed by atoms with Gasteiger partial charge in [-0.2, -0.15) is 0 Å². The fraction of sp³-hybridized carbons (Fsp3) is 0.857. The number of hydrogen-bond donors (Lipinski definition) is 3. The van der Waals surface area contributed by atoms with Crippen LogP contribution in [0.3, 0.4) is 0 Å². The lowest BCUT2D eigenvalue weighted by Crippen LogP contribution is -2.57. The number of rotatable bonds is 25. The fourth-order valence-electron chi connectivity index (χ4n) is 4.59. The van der Waals surface area contributed by atoms with Gasteiger partial charge >= 0.3 is 11.9 Å². The zero-order chi connectivity index (χ0) is 26.5. The third-order valence-corrected chi connectivity index (χ3v) is 6.88. The van der Waals surface area contributed by atoms with Crippen molar-refractivity contribution in [1.82, 2.24) is 0 Å². The Morgan fingerprint density at radius 1 is 0.543 bits per heavy atom. The summed E-state index contributed by atoms with van der Waals surface area (Å²) in [7, 11) is 0. The van der Waals surface area contributed by atoms with Gasteiger partial charge in [-0.1, -0.05) is 117 Å². The van der Waals surface area contributed by atoms with Crippen molar-refractivity contribution in [3.05, 3.63) is 0 Å². The predicted molar refractivity (Wildman–Crippen MR) is 137 cm³/mol. The number of aliphatic carboxylic acids is 2. The molecule has 0 aromatic heterocycles. The Kier molecular flexibility index (Phi) is 19.4. The highest BCUT2D eigenvalue weighted by Gasteiger charge is 2.59. The smallest absolute Gasteiger partial charge is 0.334 e. The van der Waals surface area contributed by atoms with E-state index in [1.54, 1.807) is 0 Å². The van der Waals surface area contributed by atoms with Gasteiger partial charge in [-0.15, -0.1) is 0 Å². The van der Waals surface area contributed by atoms with Crippen LogP contribution in [0.4, 0.5) is 0 Å². The van der Waals surface area contributed by atoms with Crippen LogP contribution in [0.2, 0.25) is 0 Å². The quantitative estimate of drug-likeness (QED) is 0.0969. The van der Waals surface area contributed by atoms with Gasteiger partial charge in [0, 0.05) is 12.8 Å². The lowest BCUT2D eigenvalue weighted by molar-refractivity contribution is -0.177. The molecule has 0 fully saturated rings. The van der Waals surface area contributed by atoms with Crippen molar-refractivity contribution >= 4 is 23.5 Å². The third-order valence-electron chi connectivity index (χ3n) is 6.88. The van der Waals surface area contributed by atoms with Crippen molar-refractivity contribution in [2.24, 2.45) is 5.41 Å². The number of Topliss-reactive ketones (excluding diaryl/α,β-unsaturated/α-hetero) is 2. The summed E-state index contributed by atoms with van der Waals surface area (Å²) < 4.78 is 0. The molecule has 1 unspecified atom stereocenters. The highest BCUT2D eigenvalue weighted by atomic mass is 16.4. The molecule has 0 aromatic rings. The maximum absolute atomic E-state index is 12.9. The largest absolute Gasteiger partial charge is 0.480 e. The first-order valence-corrected chi connectivity index (χ1v) is 14.0. The lowest BCUT2D eigenvalue weighted by Gasteiger charge is -2.29. The average molecular weight is 499 g/mol. The van der Waals surface area contributed by atoms with Crippen LogP contribution in [-0.4, -0.2) is 44.9 Å². The SMILES string of the molecule is CCCCCCCCCCCC(=O)C(C(=O)O)(C(=O)CCCCCCCCCCC)C(O)C(=O)O. The second kappa shape index (κ2) is 20.4. The molecule has 0 aliphatic heterocycles. The van der Waals surface area contributed by atoms with Crippen molar-refractivity contribution in [2.75, 3.05) is 0 Å². The Balaban J connectivity index is 4.78. The first-order chi connectivity index (χ1) is 16.8. The standard InChI is InChI=1S/C28H50O7/c1-3-5-7-9-11-13-15-17-19-21-23(29)28(27(34)35,25(31)26(32)33)24(30)22-20-18-16-14-12-10-8-6-4-2/h25,31H,3-22H2,1-2H3,(H,32,33)(H,34,35). The third kappa shape index (κ3) is 12.7. The number of carbonyl (C=O) groups is 4. The normalized spacial score (nSPS) is 12.4. The minimum atomic E-state index is -2.92. The molecule has 0 aromatic carbocycles. The second-order valence-corrected chi connectivity index (χ2v) is 9.86. The summed E-state index contributed by atoms with van der Waals surface area (Å²) in [6.07, 6.45) is 14.8.